The summed E-state index contributed by atoms with van der Waals surface area (Å²) in [6, 6.07) is 9.43. The molecule has 0 saturated heterocycles. The number of rotatable bonds is 4. The van der Waals surface area contributed by atoms with Crippen LogP contribution in [0, 0.1) is 0 Å². The van der Waals surface area contributed by atoms with Gasteiger partial charge in [0.2, 0.25) is 0 Å². The van der Waals surface area contributed by atoms with E-state index < -0.39 is 0 Å². The maximum atomic E-state index is 5.20. The van der Waals surface area contributed by atoms with E-state index in [2.05, 4.69) is 10.3 Å². The molecule has 0 aliphatic rings. The molecule has 4 nitrogen and oxygen atoms in total. The minimum absolute atomic E-state index is 0.751. The van der Waals surface area contributed by atoms with Gasteiger partial charge in [-0.05, 0) is 12.1 Å². The van der Waals surface area contributed by atoms with E-state index in [1.165, 1.54) is 0 Å². The summed E-state index contributed by atoms with van der Waals surface area (Å²) in [6.45, 7) is 0. The molecular weight excluding hydrogens is 216 g/mol. The highest BCUT2D eigenvalue weighted by Crippen LogP contribution is 2.27. The number of methoxy groups -OCH3 is 2. The molecule has 88 valence electrons. The van der Waals surface area contributed by atoms with E-state index in [4.69, 9.17) is 9.47 Å². The molecule has 1 aromatic carbocycles. The predicted molar refractivity (Wildman–Crippen MR) is 67.1 cm³/mol. The van der Waals surface area contributed by atoms with Gasteiger partial charge in [-0.1, -0.05) is 0 Å². The summed E-state index contributed by atoms with van der Waals surface area (Å²) in [6.07, 6.45) is 3.47. The van der Waals surface area contributed by atoms with Crippen molar-refractivity contribution >= 4 is 11.4 Å². The van der Waals surface area contributed by atoms with Gasteiger partial charge >= 0.3 is 0 Å². The number of benzene rings is 1. The maximum Gasteiger partial charge on any atom is 0.124 e. The number of nitrogens with zero attached hydrogens (tertiary/aromatic N) is 1. The first-order valence-corrected chi connectivity index (χ1v) is 5.22. The second-order valence-corrected chi connectivity index (χ2v) is 3.46. The van der Waals surface area contributed by atoms with Crippen LogP contribution < -0.4 is 14.8 Å². The minimum Gasteiger partial charge on any atom is -0.497 e. The summed E-state index contributed by atoms with van der Waals surface area (Å²) in [5.74, 6) is 1.50. The molecule has 4 heteroatoms. The van der Waals surface area contributed by atoms with E-state index in [1.807, 2.05) is 30.3 Å². The zero-order valence-corrected chi connectivity index (χ0v) is 9.81. The third-order valence-electron chi connectivity index (χ3n) is 2.32. The van der Waals surface area contributed by atoms with Crippen LogP contribution in [0.5, 0.6) is 11.5 Å². The van der Waals surface area contributed by atoms with Gasteiger partial charge in [-0.3, -0.25) is 4.98 Å². The van der Waals surface area contributed by atoms with Crippen LogP contribution in [-0.4, -0.2) is 19.2 Å². The Morgan fingerprint density at radius 2 is 1.47 bits per heavy atom. The molecule has 17 heavy (non-hydrogen) atoms. The van der Waals surface area contributed by atoms with Crippen LogP contribution in [-0.2, 0) is 0 Å². The highest BCUT2D eigenvalue weighted by atomic mass is 16.5. The summed E-state index contributed by atoms with van der Waals surface area (Å²) >= 11 is 0. The van der Waals surface area contributed by atoms with Crippen molar-refractivity contribution in [2.75, 3.05) is 19.5 Å². The number of anilines is 2. The van der Waals surface area contributed by atoms with Crippen LogP contribution in [0.25, 0.3) is 0 Å². The van der Waals surface area contributed by atoms with Crippen LogP contribution >= 0.6 is 0 Å². The smallest absolute Gasteiger partial charge is 0.124 e. The number of nitrogens with one attached hydrogen (secondary N) is 1. The Bertz CT molecular complexity index is 464. The predicted octanol–water partition coefficient (Wildman–Crippen LogP) is 2.84. The van der Waals surface area contributed by atoms with Crippen LogP contribution in [0.2, 0.25) is 0 Å². The van der Waals surface area contributed by atoms with Crippen molar-refractivity contribution in [3.05, 3.63) is 42.7 Å². The number of hydrogen-bond donors (Lipinski definition) is 1. The quantitative estimate of drug-likeness (QED) is 0.877. The van der Waals surface area contributed by atoms with Crippen LogP contribution in [0.1, 0.15) is 0 Å². The van der Waals surface area contributed by atoms with Crippen molar-refractivity contribution in [1.82, 2.24) is 4.98 Å². The number of ether oxygens (including phenoxy) is 2. The third-order valence-corrected chi connectivity index (χ3v) is 2.32. The Labute approximate surface area is 100 Å². The summed E-state index contributed by atoms with van der Waals surface area (Å²) < 4.78 is 10.4. The SMILES string of the molecule is COc1cc(Nc2ccncc2)cc(OC)c1. The largest absolute Gasteiger partial charge is 0.497 e. The lowest BCUT2D eigenvalue weighted by Crippen LogP contribution is -1.93. The molecule has 0 aliphatic heterocycles. The first-order valence-electron chi connectivity index (χ1n) is 5.22. The zero-order chi connectivity index (χ0) is 12.1. The summed E-state index contributed by atoms with van der Waals surface area (Å²) in [5, 5.41) is 3.25. The molecule has 0 radical (unpaired) electrons. The van der Waals surface area contributed by atoms with Crippen molar-refractivity contribution in [3.8, 4) is 11.5 Å². The molecule has 0 saturated carbocycles. The Balaban J connectivity index is 2.26. The second-order valence-electron chi connectivity index (χ2n) is 3.46. The number of hydrogen-bond acceptors (Lipinski definition) is 4. The highest BCUT2D eigenvalue weighted by molar-refractivity contribution is 5.63. The fraction of sp³-hybridized carbons (Fsp3) is 0.154. The van der Waals surface area contributed by atoms with Crippen LogP contribution in [0.4, 0.5) is 11.4 Å². The van der Waals surface area contributed by atoms with Gasteiger partial charge in [-0.15, -0.1) is 0 Å². The lowest BCUT2D eigenvalue weighted by molar-refractivity contribution is 0.395. The van der Waals surface area contributed by atoms with Crippen molar-refractivity contribution in [1.29, 1.82) is 0 Å². The fourth-order valence-corrected chi connectivity index (χ4v) is 1.48. The van der Waals surface area contributed by atoms with Gasteiger partial charge in [-0.2, -0.15) is 0 Å². The van der Waals surface area contributed by atoms with Gasteiger partial charge in [0.05, 0.1) is 14.2 Å². The number of pyridine rings is 1. The lowest BCUT2D eigenvalue weighted by atomic mass is 10.2. The van der Waals surface area contributed by atoms with Crippen molar-refractivity contribution < 1.29 is 9.47 Å². The van der Waals surface area contributed by atoms with Crippen molar-refractivity contribution in [3.63, 3.8) is 0 Å². The molecule has 0 fully saturated rings. The van der Waals surface area contributed by atoms with Gasteiger partial charge in [-0.25, -0.2) is 0 Å². The van der Waals surface area contributed by atoms with E-state index in [9.17, 15) is 0 Å². The van der Waals surface area contributed by atoms with Crippen LogP contribution in [0.3, 0.4) is 0 Å². The first kappa shape index (κ1) is 11.3. The van der Waals surface area contributed by atoms with Gasteiger partial charge < -0.3 is 14.8 Å². The summed E-state index contributed by atoms with van der Waals surface area (Å²) in [4.78, 5) is 3.97. The Morgan fingerprint density at radius 3 is 2.00 bits per heavy atom. The summed E-state index contributed by atoms with van der Waals surface area (Å²) in [5.41, 5.74) is 1.88. The topological polar surface area (TPSA) is 43.4 Å². The maximum absolute atomic E-state index is 5.20. The van der Waals surface area contributed by atoms with Gasteiger partial charge in [0.15, 0.2) is 0 Å². The fourth-order valence-electron chi connectivity index (χ4n) is 1.48. The standard InChI is InChI=1S/C13H14N2O2/c1-16-12-7-11(8-13(9-12)17-2)15-10-3-5-14-6-4-10/h3-9H,1-2H3,(H,14,15). The number of aromatic nitrogens is 1. The van der Waals surface area contributed by atoms with Crippen LogP contribution in [0.15, 0.2) is 42.7 Å². The van der Waals surface area contributed by atoms with Gasteiger partial charge in [0, 0.05) is 42.0 Å². The van der Waals surface area contributed by atoms with Gasteiger partial charge in [0.1, 0.15) is 11.5 Å². The highest BCUT2D eigenvalue weighted by Gasteiger charge is 2.01. The molecule has 1 N–H and O–H groups in total. The molecule has 0 unspecified atom stereocenters. The monoisotopic (exact) mass is 230 g/mol. The lowest BCUT2D eigenvalue weighted by Gasteiger charge is -2.10. The molecule has 2 rings (SSSR count). The normalized spacial score (nSPS) is 9.76. The summed E-state index contributed by atoms with van der Waals surface area (Å²) in [7, 11) is 3.26. The van der Waals surface area contributed by atoms with E-state index >= 15 is 0 Å². The first-order chi connectivity index (χ1) is 8.31. The molecule has 2 aromatic rings. The Morgan fingerprint density at radius 1 is 0.882 bits per heavy atom. The minimum atomic E-state index is 0.751. The molecule has 0 aliphatic carbocycles. The van der Waals surface area contributed by atoms with E-state index in [0.717, 1.165) is 22.9 Å². The molecule has 0 amide bonds. The average Bonchev–Trinajstić information content (AvgIpc) is 2.39. The van der Waals surface area contributed by atoms with Gasteiger partial charge in [0.25, 0.3) is 0 Å². The molecule has 1 aromatic heterocycles. The zero-order valence-electron chi connectivity index (χ0n) is 9.81. The second kappa shape index (κ2) is 5.21. The van der Waals surface area contributed by atoms with Crippen molar-refractivity contribution in [2.24, 2.45) is 0 Å². The molecule has 1 heterocycles. The Hall–Kier alpha value is -2.23. The third kappa shape index (κ3) is 2.87. The van der Waals surface area contributed by atoms with E-state index in [0.29, 0.717) is 0 Å². The van der Waals surface area contributed by atoms with Crippen molar-refractivity contribution in [2.45, 2.75) is 0 Å². The van der Waals surface area contributed by atoms with E-state index in [1.54, 1.807) is 26.6 Å². The van der Waals surface area contributed by atoms with E-state index in [-0.39, 0.29) is 0 Å². The molecule has 0 spiro atoms. The average molecular weight is 230 g/mol. The Kier molecular flexibility index (Phi) is 3.45. The molecule has 0 atom stereocenters. The molecule has 0 bridgehead atoms. The molecular formula is C13H14N2O2.